The molecule has 1 aromatic heterocycles. The van der Waals surface area contributed by atoms with Gasteiger partial charge in [0, 0.05) is 18.3 Å². The van der Waals surface area contributed by atoms with Crippen LogP contribution in [0.15, 0.2) is 40.4 Å². The quantitative estimate of drug-likeness (QED) is 0.866. The summed E-state index contributed by atoms with van der Waals surface area (Å²) in [5.74, 6) is -0.458. The highest BCUT2D eigenvalue weighted by atomic mass is 32.2. The van der Waals surface area contributed by atoms with Crippen LogP contribution in [0.3, 0.4) is 0 Å². The number of thioether (sulfide) groups is 1. The lowest BCUT2D eigenvalue weighted by atomic mass is 10.2. The van der Waals surface area contributed by atoms with E-state index in [1.165, 1.54) is 23.9 Å². The number of benzene rings is 1. The van der Waals surface area contributed by atoms with Gasteiger partial charge in [-0.05, 0) is 49.0 Å². The summed E-state index contributed by atoms with van der Waals surface area (Å²) in [5, 5.41) is 7.56. The molecule has 0 atom stereocenters. The molecule has 5 nitrogen and oxygen atoms in total. The predicted molar refractivity (Wildman–Crippen MR) is 85.3 cm³/mol. The molecule has 0 aliphatic carbocycles. The van der Waals surface area contributed by atoms with E-state index < -0.39 is 0 Å². The van der Waals surface area contributed by atoms with Crippen molar-refractivity contribution in [1.29, 1.82) is 0 Å². The van der Waals surface area contributed by atoms with Crippen molar-refractivity contribution in [2.45, 2.75) is 6.92 Å². The normalized spacial score (nSPS) is 18.2. The van der Waals surface area contributed by atoms with Crippen LogP contribution in [0.25, 0.3) is 11.8 Å². The van der Waals surface area contributed by atoms with Gasteiger partial charge in [0.25, 0.3) is 5.91 Å². The molecule has 22 heavy (non-hydrogen) atoms. The van der Waals surface area contributed by atoms with Gasteiger partial charge in [-0.15, -0.1) is 0 Å². The zero-order chi connectivity index (χ0) is 15.7. The number of amides is 1. The molecule has 2 aromatic rings. The third-order valence-electron chi connectivity index (χ3n) is 3.26. The van der Waals surface area contributed by atoms with E-state index in [1.54, 1.807) is 36.1 Å². The van der Waals surface area contributed by atoms with Gasteiger partial charge in [0.1, 0.15) is 5.82 Å². The molecule has 0 saturated carbocycles. The summed E-state index contributed by atoms with van der Waals surface area (Å²) in [6.45, 7) is 1.90. The Hall–Kier alpha value is -2.41. The van der Waals surface area contributed by atoms with Crippen molar-refractivity contribution in [1.82, 2.24) is 15.1 Å². The highest BCUT2D eigenvalue weighted by molar-refractivity contribution is 8.18. The molecule has 1 aromatic carbocycles. The van der Waals surface area contributed by atoms with Gasteiger partial charge in [0.05, 0.1) is 16.8 Å². The Balaban J connectivity index is 1.94. The van der Waals surface area contributed by atoms with Crippen LogP contribution in [0.5, 0.6) is 0 Å². The van der Waals surface area contributed by atoms with E-state index in [1.807, 2.05) is 6.92 Å². The number of nitrogens with zero attached hydrogens (tertiary/aromatic N) is 3. The summed E-state index contributed by atoms with van der Waals surface area (Å²) in [6.07, 6.45) is 3.46. The molecule has 0 spiro atoms. The number of aromatic nitrogens is 2. The number of hydrogen-bond acceptors (Lipinski definition) is 4. The largest absolute Gasteiger partial charge is 0.301 e. The lowest BCUT2D eigenvalue weighted by molar-refractivity contribution is -0.115. The summed E-state index contributed by atoms with van der Waals surface area (Å²) in [5.41, 5.74) is 2.47. The van der Waals surface area contributed by atoms with E-state index in [0.29, 0.717) is 10.1 Å². The van der Waals surface area contributed by atoms with Crippen molar-refractivity contribution in [2.75, 3.05) is 7.05 Å². The molecule has 1 aliphatic heterocycles. The maximum absolute atomic E-state index is 13.0. The van der Waals surface area contributed by atoms with Crippen LogP contribution in [0, 0.1) is 12.7 Å². The van der Waals surface area contributed by atoms with Gasteiger partial charge in [-0.3, -0.25) is 9.79 Å². The van der Waals surface area contributed by atoms with Crippen molar-refractivity contribution in [3.63, 3.8) is 0 Å². The third kappa shape index (κ3) is 2.67. The third-order valence-corrected chi connectivity index (χ3v) is 4.26. The lowest BCUT2D eigenvalue weighted by Gasteiger charge is -2.04. The maximum atomic E-state index is 13.0. The summed E-state index contributed by atoms with van der Waals surface area (Å²) >= 11 is 1.29. The van der Waals surface area contributed by atoms with Gasteiger partial charge >= 0.3 is 0 Å². The Morgan fingerprint density at radius 3 is 2.73 bits per heavy atom. The van der Waals surface area contributed by atoms with Gasteiger partial charge in [0.15, 0.2) is 5.17 Å². The molecule has 0 radical (unpaired) electrons. The van der Waals surface area contributed by atoms with Gasteiger partial charge in [-0.1, -0.05) is 0 Å². The van der Waals surface area contributed by atoms with Crippen molar-refractivity contribution >= 4 is 28.9 Å². The van der Waals surface area contributed by atoms with Crippen molar-refractivity contribution in [3.8, 4) is 5.69 Å². The highest BCUT2D eigenvalue weighted by Gasteiger charge is 2.23. The molecule has 1 fully saturated rings. The predicted octanol–water partition coefficient (Wildman–Crippen LogP) is 2.51. The number of amidine groups is 1. The lowest BCUT2D eigenvalue weighted by Crippen LogP contribution is -2.19. The number of aliphatic imine (C=N–C) groups is 1. The molecule has 7 heteroatoms. The van der Waals surface area contributed by atoms with E-state index in [0.717, 1.165) is 16.9 Å². The van der Waals surface area contributed by atoms with E-state index in [9.17, 15) is 9.18 Å². The minimum atomic E-state index is -0.290. The van der Waals surface area contributed by atoms with E-state index in [2.05, 4.69) is 15.4 Å². The Bertz CT molecular complexity index is 792. The molecule has 1 amide bonds. The van der Waals surface area contributed by atoms with Crippen LogP contribution >= 0.6 is 11.8 Å². The van der Waals surface area contributed by atoms with Gasteiger partial charge < -0.3 is 5.32 Å². The molecule has 112 valence electrons. The Morgan fingerprint density at radius 1 is 1.36 bits per heavy atom. The number of carbonyl (C=O) groups excluding carboxylic acids is 1. The topological polar surface area (TPSA) is 59.3 Å². The average molecular weight is 316 g/mol. The fraction of sp³-hybridized carbons (Fsp3) is 0.133. The van der Waals surface area contributed by atoms with Crippen molar-refractivity contribution in [3.05, 3.63) is 52.4 Å². The Labute approximate surface area is 130 Å². The zero-order valence-electron chi connectivity index (χ0n) is 12.0. The summed E-state index contributed by atoms with van der Waals surface area (Å²) in [6, 6.07) is 6.09. The Kier molecular flexibility index (Phi) is 3.81. The first kappa shape index (κ1) is 14.5. The molecule has 1 aliphatic rings. The molecule has 2 heterocycles. The highest BCUT2D eigenvalue weighted by Crippen LogP contribution is 2.27. The minimum Gasteiger partial charge on any atom is -0.301 e. The van der Waals surface area contributed by atoms with E-state index in [-0.39, 0.29) is 11.7 Å². The number of halogens is 1. The summed E-state index contributed by atoms with van der Waals surface area (Å²) in [7, 11) is 1.63. The number of rotatable bonds is 2. The number of hydrogen-bond donors (Lipinski definition) is 1. The molecule has 0 unspecified atom stereocenters. The first-order valence-corrected chi connectivity index (χ1v) is 7.38. The SMILES string of the molecule is CN=C1NC(=O)/C(=C/c2cnn(-c3ccc(F)cc3)c2C)S1. The number of carbonyl (C=O) groups is 1. The van der Waals surface area contributed by atoms with Crippen molar-refractivity contribution in [2.24, 2.45) is 4.99 Å². The second-order valence-electron chi connectivity index (χ2n) is 4.67. The van der Waals surface area contributed by atoms with Crippen LogP contribution in [-0.4, -0.2) is 27.9 Å². The molecule has 1 N–H and O–H groups in total. The second-order valence-corrected chi connectivity index (χ2v) is 5.70. The molecule has 3 rings (SSSR count). The fourth-order valence-corrected chi connectivity index (χ4v) is 2.85. The first-order chi connectivity index (χ1) is 10.6. The smallest absolute Gasteiger partial charge is 0.264 e. The molecule has 1 saturated heterocycles. The number of nitrogens with one attached hydrogen (secondary N) is 1. The van der Waals surface area contributed by atoms with Crippen LogP contribution in [-0.2, 0) is 4.79 Å². The standard InChI is InChI=1S/C15H13FN4OS/c1-9-10(7-13-14(21)19-15(17-2)22-13)8-18-20(9)12-5-3-11(16)4-6-12/h3-8H,1-2H3,(H,17,19,21)/b13-7-. The van der Waals surface area contributed by atoms with Gasteiger partial charge in [-0.25, -0.2) is 9.07 Å². The summed E-state index contributed by atoms with van der Waals surface area (Å²) in [4.78, 5) is 16.4. The second kappa shape index (κ2) is 5.76. The zero-order valence-corrected chi connectivity index (χ0v) is 12.8. The summed E-state index contributed by atoms with van der Waals surface area (Å²) < 4.78 is 14.7. The molecular formula is C15H13FN4OS. The Morgan fingerprint density at radius 2 is 2.09 bits per heavy atom. The van der Waals surface area contributed by atoms with Crippen LogP contribution < -0.4 is 5.32 Å². The van der Waals surface area contributed by atoms with E-state index >= 15 is 0 Å². The van der Waals surface area contributed by atoms with Crippen LogP contribution in [0.2, 0.25) is 0 Å². The molecular weight excluding hydrogens is 303 g/mol. The van der Waals surface area contributed by atoms with Crippen molar-refractivity contribution < 1.29 is 9.18 Å². The van der Waals surface area contributed by atoms with Gasteiger partial charge in [0.2, 0.25) is 0 Å². The van der Waals surface area contributed by atoms with Crippen LogP contribution in [0.1, 0.15) is 11.3 Å². The van der Waals surface area contributed by atoms with E-state index in [4.69, 9.17) is 0 Å². The first-order valence-electron chi connectivity index (χ1n) is 6.56. The van der Waals surface area contributed by atoms with Gasteiger partial charge in [-0.2, -0.15) is 5.10 Å². The average Bonchev–Trinajstić information content (AvgIpc) is 3.05. The monoisotopic (exact) mass is 316 g/mol. The maximum Gasteiger partial charge on any atom is 0.264 e. The van der Waals surface area contributed by atoms with Crippen LogP contribution in [0.4, 0.5) is 4.39 Å². The minimum absolute atomic E-state index is 0.167. The fourth-order valence-electron chi connectivity index (χ4n) is 2.08. The molecule has 0 bridgehead atoms.